The Balaban J connectivity index is 1.85. The van der Waals surface area contributed by atoms with Gasteiger partial charge in [-0.25, -0.2) is 4.39 Å². The molecule has 1 aromatic rings. The average Bonchev–Trinajstić information content (AvgIpc) is 3.22. The van der Waals surface area contributed by atoms with E-state index in [1.165, 1.54) is 31.4 Å². The van der Waals surface area contributed by atoms with Crippen LogP contribution in [0.2, 0.25) is 0 Å². The second-order valence-corrected chi connectivity index (χ2v) is 6.46. The van der Waals surface area contributed by atoms with Gasteiger partial charge in [0.25, 0.3) is 0 Å². The second kappa shape index (κ2) is 7.91. The van der Waals surface area contributed by atoms with Crippen molar-refractivity contribution >= 4 is 11.8 Å². The minimum absolute atomic E-state index is 0.0520. The molecule has 0 amide bonds. The molecule has 19 heavy (non-hydrogen) atoms. The first-order valence-corrected chi connectivity index (χ1v) is 8.64. The van der Waals surface area contributed by atoms with E-state index in [-0.39, 0.29) is 5.82 Å². The number of nitrogens with one attached hydrogen (secondary N) is 1. The largest absolute Gasteiger partial charge is 0.314 e. The minimum Gasteiger partial charge on any atom is -0.314 e. The van der Waals surface area contributed by atoms with Crippen molar-refractivity contribution in [1.82, 2.24) is 5.32 Å². The van der Waals surface area contributed by atoms with Crippen molar-refractivity contribution in [2.45, 2.75) is 38.1 Å². The zero-order valence-electron chi connectivity index (χ0n) is 11.7. The highest BCUT2D eigenvalue weighted by atomic mass is 32.2. The van der Waals surface area contributed by atoms with Crippen LogP contribution < -0.4 is 5.32 Å². The lowest BCUT2D eigenvalue weighted by Crippen LogP contribution is -2.26. The highest BCUT2D eigenvalue weighted by Gasteiger charge is 2.22. The van der Waals surface area contributed by atoms with Crippen molar-refractivity contribution in [3.05, 3.63) is 35.6 Å². The first kappa shape index (κ1) is 14.9. The van der Waals surface area contributed by atoms with Crippen molar-refractivity contribution in [2.24, 2.45) is 5.92 Å². The van der Waals surface area contributed by atoms with E-state index in [2.05, 4.69) is 11.6 Å². The van der Waals surface area contributed by atoms with Crippen LogP contribution >= 0.6 is 11.8 Å². The molecule has 1 aliphatic carbocycles. The van der Waals surface area contributed by atoms with E-state index in [1.54, 1.807) is 12.1 Å². The molecule has 0 spiro atoms. The van der Waals surface area contributed by atoms with Gasteiger partial charge in [0.1, 0.15) is 5.82 Å². The van der Waals surface area contributed by atoms with Gasteiger partial charge in [0.05, 0.1) is 0 Å². The van der Waals surface area contributed by atoms with Crippen molar-refractivity contribution in [3.8, 4) is 0 Å². The summed E-state index contributed by atoms with van der Waals surface area (Å²) in [5, 5.41) is 3.59. The van der Waals surface area contributed by atoms with E-state index in [4.69, 9.17) is 0 Å². The minimum atomic E-state index is -0.0520. The van der Waals surface area contributed by atoms with E-state index in [0.29, 0.717) is 5.92 Å². The summed E-state index contributed by atoms with van der Waals surface area (Å²) in [4.78, 5) is 0. The van der Waals surface area contributed by atoms with Crippen LogP contribution in [-0.2, 0) is 6.42 Å². The summed E-state index contributed by atoms with van der Waals surface area (Å²) in [6.45, 7) is 1.04. The van der Waals surface area contributed by atoms with E-state index in [0.717, 1.165) is 24.6 Å². The monoisotopic (exact) mass is 281 g/mol. The van der Waals surface area contributed by atoms with Gasteiger partial charge in [-0.2, -0.15) is 11.8 Å². The molecular weight excluding hydrogens is 257 g/mol. The second-order valence-electron chi connectivity index (χ2n) is 5.48. The molecule has 1 unspecified atom stereocenters. The maximum Gasteiger partial charge on any atom is 0.126 e. The van der Waals surface area contributed by atoms with Gasteiger partial charge in [-0.1, -0.05) is 18.2 Å². The highest BCUT2D eigenvalue weighted by molar-refractivity contribution is 7.98. The predicted octanol–water partition coefficient (Wildman–Crippen LogP) is 3.88. The zero-order valence-corrected chi connectivity index (χ0v) is 12.5. The number of hydrogen-bond acceptors (Lipinski definition) is 2. The van der Waals surface area contributed by atoms with E-state index >= 15 is 0 Å². The Morgan fingerprint density at radius 3 is 2.84 bits per heavy atom. The fraction of sp³-hybridized carbons (Fsp3) is 0.625. The summed E-state index contributed by atoms with van der Waals surface area (Å²) in [5.74, 6) is 1.71. The van der Waals surface area contributed by atoms with E-state index in [1.807, 2.05) is 23.9 Å². The first-order valence-electron chi connectivity index (χ1n) is 7.25. The maximum absolute atomic E-state index is 13.7. The topological polar surface area (TPSA) is 12.0 Å². The Morgan fingerprint density at radius 1 is 1.37 bits per heavy atom. The Kier molecular flexibility index (Phi) is 6.18. The normalized spacial score (nSPS) is 16.5. The highest BCUT2D eigenvalue weighted by Crippen LogP contribution is 2.22. The fourth-order valence-electron chi connectivity index (χ4n) is 2.39. The van der Waals surface area contributed by atoms with Gasteiger partial charge in [0, 0.05) is 6.04 Å². The van der Waals surface area contributed by atoms with Crippen molar-refractivity contribution in [3.63, 3.8) is 0 Å². The Labute approximate surface area is 120 Å². The van der Waals surface area contributed by atoms with Crippen LogP contribution in [0.5, 0.6) is 0 Å². The molecule has 0 heterocycles. The molecule has 1 N–H and O–H groups in total. The van der Waals surface area contributed by atoms with Gasteiger partial charge in [0.2, 0.25) is 0 Å². The van der Waals surface area contributed by atoms with E-state index in [9.17, 15) is 4.39 Å². The predicted molar refractivity (Wildman–Crippen MR) is 82.2 cm³/mol. The molecule has 1 fully saturated rings. The average molecular weight is 281 g/mol. The number of halogens is 1. The van der Waals surface area contributed by atoms with Crippen LogP contribution in [0.1, 0.15) is 31.2 Å². The van der Waals surface area contributed by atoms with Crippen molar-refractivity contribution < 1.29 is 4.39 Å². The SMILES string of the molecule is CSCCCC(CNC1CC1)Cc1ccccc1F. The standard InChI is InChI=1S/C16H24FNS/c1-19-10-4-5-13(12-18-15-8-9-15)11-14-6-2-3-7-16(14)17/h2-3,6-7,13,15,18H,4-5,8-12H2,1H3. The van der Waals surface area contributed by atoms with E-state index < -0.39 is 0 Å². The van der Waals surface area contributed by atoms with Gasteiger partial charge >= 0.3 is 0 Å². The van der Waals surface area contributed by atoms with Crippen LogP contribution in [-0.4, -0.2) is 24.6 Å². The Hall–Kier alpha value is -0.540. The van der Waals surface area contributed by atoms with Gasteiger partial charge in [0.15, 0.2) is 0 Å². The number of hydrogen-bond donors (Lipinski definition) is 1. The summed E-state index contributed by atoms with van der Waals surface area (Å²) >= 11 is 1.90. The molecule has 2 rings (SSSR count). The quantitative estimate of drug-likeness (QED) is 0.689. The molecule has 1 atom stereocenters. The number of thioether (sulfide) groups is 1. The Bertz CT molecular complexity index is 379. The smallest absolute Gasteiger partial charge is 0.126 e. The molecule has 0 saturated heterocycles. The molecule has 1 aliphatic rings. The molecule has 0 bridgehead atoms. The number of rotatable bonds is 9. The summed E-state index contributed by atoms with van der Waals surface area (Å²) in [6, 6.07) is 7.94. The molecule has 106 valence electrons. The first-order chi connectivity index (χ1) is 9.29. The van der Waals surface area contributed by atoms with Crippen LogP contribution in [0.15, 0.2) is 24.3 Å². The van der Waals surface area contributed by atoms with Crippen LogP contribution in [0.3, 0.4) is 0 Å². The third-order valence-electron chi connectivity index (χ3n) is 3.70. The fourth-order valence-corrected chi connectivity index (χ4v) is 2.84. The maximum atomic E-state index is 13.7. The molecule has 0 aliphatic heterocycles. The molecule has 0 radical (unpaired) electrons. The third-order valence-corrected chi connectivity index (χ3v) is 4.40. The summed E-state index contributed by atoms with van der Waals surface area (Å²) in [5.41, 5.74) is 0.870. The summed E-state index contributed by atoms with van der Waals surface area (Å²) in [6.07, 6.45) is 8.06. The lowest BCUT2D eigenvalue weighted by molar-refractivity contribution is 0.431. The number of benzene rings is 1. The summed E-state index contributed by atoms with van der Waals surface area (Å²) in [7, 11) is 0. The molecular formula is C16H24FNS. The molecule has 0 aromatic heterocycles. The zero-order chi connectivity index (χ0) is 13.5. The van der Waals surface area contributed by atoms with Gasteiger partial charge in [-0.05, 0) is 68.2 Å². The molecule has 1 aromatic carbocycles. The van der Waals surface area contributed by atoms with Crippen LogP contribution in [0.4, 0.5) is 4.39 Å². The van der Waals surface area contributed by atoms with Gasteiger partial charge in [-0.15, -0.1) is 0 Å². The van der Waals surface area contributed by atoms with Gasteiger partial charge < -0.3 is 5.32 Å². The van der Waals surface area contributed by atoms with Gasteiger partial charge in [-0.3, -0.25) is 0 Å². The summed E-state index contributed by atoms with van der Waals surface area (Å²) < 4.78 is 13.7. The van der Waals surface area contributed by atoms with Crippen molar-refractivity contribution in [2.75, 3.05) is 18.6 Å². The van der Waals surface area contributed by atoms with Crippen LogP contribution in [0, 0.1) is 11.7 Å². The lowest BCUT2D eigenvalue weighted by Gasteiger charge is -2.18. The molecule has 1 nitrogen and oxygen atoms in total. The Morgan fingerprint density at radius 2 is 2.16 bits per heavy atom. The molecule has 3 heteroatoms. The van der Waals surface area contributed by atoms with Crippen LogP contribution in [0.25, 0.3) is 0 Å². The third kappa shape index (κ3) is 5.53. The lowest BCUT2D eigenvalue weighted by atomic mass is 9.94. The van der Waals surface area contributed by atoms with Crippen molar-refractivity contribution in [1.29, 1.82) is 0 Å². The molecule has 1 saturated carbocycles.